The highest BCUT2D eigenvalue weighted by molar-refractivity contribution is 6.01. The van der Waals surface area contributed by atoms with Crippen molar-refractivity contribution in [1.82, 2.24) is 19.2 Å². The van der Waals surface area contributed by atoms with Gasteiger partial charge in [-0.3, -0.25) is 23.6 Å². The zero-order chi connectivity index (χ0) is 18.3. The first-order valence-electron chi connectivity index (χ1n) is 8.07. The SMILES string of the molecule is Cc1cc([C@@H]2CCCN2CC(=O)c2c(N)n(C)c(=O)n(C)c2=O)on1. The van der Waals surface area contributed by atoms with Gasteiger partial charge in [-0.2, -0.15) is 0 Å². The van der Waals surface area contributed by atoms with Crippen LogP contribution in [-0.2, 0) is 14.1 Å². The van der Waals surface area contributed by atoms with E-state index < -0.39 is 17.0 Å². The molecule has 0 unspecified atom stereocenters. The zero-order valence-corrected chi connectivity index (χ0v) is 14.5. The summed E-state index contributed by atoms with van der Waals surface area (Å²) in [5.74, 6) is 0.199. The number of ketones is 1. The van der Waals surface area contributed by atoms with E-state index in [4.69, 9.17) is 10.3 Å². The first-order valence-corrected chi connectivity index (χ1v) is 8.07. The van der Waals surface area contributed by atoms with Gasteiger partial charge < -0.3 is 10.3 Å². The normalized spacial score (nSPS) is 18.0. The molecule has 9 nitrogen and oxygen atoms in total. The third-order valence-corrected chi connectivity index (χ3v) is 4.67. The Morgan fingerprint density at radius 3 is 2.72 bits per heavy atom. The van der Waals surface area contributed by atoms with E-state index in [9.17, 15) is 14.4 Å². The number of nitrogens with two attached hydrogens (primary N) is 1. The minimum Gasteiger partial charge on any atom is -0.384 e. The Morgan fingerprint density at radius 2 is 2.08 bits per heavy atom. The molecule has 2 N–H and O–H groups in total. The molecule has 1 aliphatic heterocycles. The molecule has 1 aliphatic rings. The van der Waals surface area contributed by atoms with Crippen LogP contribution >= 0.6 is 0 Å². The Bertz CT molecular complexity index is 939. The van der Waals surface area contributed by atoms with E-state index in [0.717, 1.165) is 27.7 Å². The average Bonchev–Trinajstić information content (AvgIpc) is 3.20. The topological polar surface area (TPSA) is 116 Å². The molecule has 3 heterocycles. The number of likely N-dealkylation sites (tertiary alicyclic amines) is 1. The number of carbonyl (C=O) groups excluding carboxylic acids is 1. The van der Waals surface area contributed by atoms with Crippen LogP contribution in [0.3, 0.4) is 0 Å². The molecule has 2 aromatic heterocycles. The summed E-state index contributed by atoms with van der Waals surface area (Å²) < 4.78 is 7.33. The number of carbonyl (C=O) groups is 1. The molecule has 3 rings (SSSR count). The van der Waals surface area contributed by atoms with Crippen molar-refractivity contribution in [2.45, 2.75) is 25.8 Å². The number of aryl methyl sites for hydroxylation is 1. The molecule has 1 fully saturated rings. The Morgan fingerprint density at radius 1 is 1.36 bits per heavy atom. The summed E-state index contributed by atoms with van der Waals surface area (Å²) in [5.41, 5.74) is 5.26. The van der Waals surface area contributed by atoms with E-state index in [2.05, 4.69) is 5.16 Å². The summed E-state index contributed by atoms with van der Waals surface area (Å²) in [6.45, 7) is 2.58. The molecule has 0 aromatic carbocycles. The van der Waals surface area contributed by atoms with Crippen molar-refractivity contribution in [3.05, 3.63) is 43.9 Å². The van der Waals surface area contributed by atoms with Crippen LogP contribution in [0, 0.1) is 6.92 Å². The standard InChI is InChI=1S/C16H21N5O4/c1-9-7-12(25-18-9)10-5-4-6-21(10)8-11(22)13-14(17)19(2)16(24)20(3)15(13)23/h7,10H,4-6,8,17H2,1-3H3/t10-/m0/s1. The molecular formula is C16H21N5O4. The van der Waals surface area contributed by atoms with Crippen molar-refractivity contribution in [3.8, 4) is 0 Å². The maximum absolute atomic E-state index is 12.7. The number of hydrogen-bond donors (Lipinski definition) is 1. The van der Waals surface area contributed by atoms with Gasteiger partial charge in [-0.25, -0.2) is 4.79 Å². The molecule has 9 heteroatoms. The molecule has 0 amide bonds. The minimum absolute atomic E-state index is 0.0298. The van der Waals surface area contributed by atoms with Gasteiger partial charge in [0.2, 0.25) is 0 Å². The second kappa shape index (κ2) is 6.32. The summed E-state index contributed by atoms with van der Waals surface area (Å²) in [7, 11) is 2.76. The fourth-order valence-corrected chi connectivity index (χ4v) is 3.26. The lowest BCUT2D eigenvalue weighted by molar-refractivity contribution is 0.0909. The van der Waals surface area contributed by atoms with E-state index >= 15 is 0 Å². The van der Waals surface area contributed by atoms with Crippen molar-refractivity contribution in [2.24, 2.45) is 14.1 Å². The third-order valence-electron chi connectivity index (χ3n) is 4.67. The van der Waals surface area contributed by atoms with Crippen molar-refractivity contribution < 1.29 is 9.32 Å². The minimum atomic E-state index is -0.670. The number of rotatable bonds is 4. The highest BCUT2D eigenvalue weighted by Gasteiger charge is 2.32. The molecule has 0 bridgehead atoms. The van der Waals surface area contributed by atoms with Crippen LogP contribution in [0.1, 0.15) is 40.7 Å². The average molecular weight is 347 g/mol. The number of nitrogens with zero attached hydrogens (tertiary/aromatic N) is 4. The van der Waals surface area contributed by atoms with E-state index in [-0.39, 0.29) is 24.0 Å². The van der Waals surface area contributed by atoms with Crippen LogP contribution in [0.15, 0.2) is 20.2 Å². The van der Waals surface area contributed by atoms with Gasteiger partial charge in [0.15, 0.2) is 11.5 Å². The molecular weight excluding hydrogens is 326 g/mol. The van der Waals surface area contributed by atoms with Crippen molar-refractivity contribution in [3.63, 3.8) is 0 Å². The van der Waals surface area contributed by atoms with Gasteiger partial charge in [-0.05, 0) is 26.3 Å². The second-order valence-corrected chi connectivity index (χ2v) is 6.39. The van der Waals surface area contributed by atoms with Gasteiger partial charge in [0.1, 0.15) is 11.4 Å². The van der Waals surface area contributed by atoms with Gasteiger partial charge >= 0.3 is 5.69 Å². The molecule has 134 valence electrons. The lowest BCUT2D eigenvalue weighted by Crippen LogP contribution is -2.43. The molecule has 0 radical (unpaired) electrons. The number of nitrogen functional groups attached to an aromatic ring is 1. The maximum Gasteiger partial charge on any atom is 0.332 e. The molecule has 0 spiro atoms. The van der Waals surface area contributed by atoms with Crippen LogP contribution in [0.4, 0.5) is 5.82 Å². The summed E-state index contributed by atoms with van der Waals surface area (Å²) in [5, 5.41) is 3.90. The molecule has 1 atom stereocenters. The van der Waals surface area contributed by atoms with E-state index in [1.54, 1.807) is 0 Å². The lowest BCUT2D eigenvalue weighted by Gasteiger charge is -2.21. The Kier molecular flexibility index (Phi) is 4.34. The van der Waals surface area contributed by atoms with Crippen LogP contribution < -0.4 is 17.0 Å². The molecule has 25 heavy (non-hydrogen) atoms. The fraction of sp³-hybridized carbons (Fsp3) is 0.500. The fourth-order valence-electron chi connectivity index (χ4n) is 3.26. The van der Waals surface area contributed by atoms with Gasteiger partial charge in [-0.1, -0.05) is 5.16 Å². The van der Waals surface area contributed by atoms with E-state index in [0.29, 0.717) is 12.3 Å². The van der Waals surface area contributed by atoms with Crippen molar-refractivity contribution in [2.75, 3.05) is 18.8 Å². The van der Waals surface area contributed by atoms with Crippen molar-refractivity contribution in [1.29, 1.82) is 0 Å². The number of hydrogen-bond acceptors (Lipinski definition) is 7. The second-order valence-electron chi connectivity index (χ2n) is 6.39. The quantitative estimate of drug-likeness (QED) is 0.773. The zero-order valence-electron chi connectivity index (χ0n) is 14.5. The van der Waals surface area contributed by atoms with Crippen molar-refractivity contribution >= 4 is 11.6 Å². The number of anilines is 1. The molecule has 0 aliphatic carbocycles. The highest BCUT2D eigenvalue weighted by Crippen LogP contribution is 2.32. The Labute approximate surface area is 143 Å². The smallest absolute Gasteiger partial charge is 0.332 e. The summed E-state index contributed by atoms with van der Waals surface area (Å²) >= 11 is 0. The molecule has 1 saturated heterocycles. The highest BCUT2D eigenvalue weighted by atomic mass is 16.5. The summed E-state index contributed by atoms with van der Waals surface area (Å²) in [6.07, 6.45) is 1.77. The predicted molar refractivity (Wildman–Crippen MR) is 90.5 cm³/mol. The first kappa shape index (κ1) is 17.2. The monoisotopic (exact) mass is 347 g/mol. The first-order chi connectivity index (χ1) is 11.8. The lowest BCUT2D eigenvalue weighted by atomic mass is 10.1. The maximum atomic E-state index is 12.7. The van der Waals surface area contributed by atoms with E-state index in [1.165, 1.54) is 14.1 Å². The van der Waals surface area contributed by atoms with Gasteiger partial charge in [0.25, 0.3) is 5.56 Å². The van der Waals surface area contributed by atoms with Gasteiger partial charge in [0, 0.05) is 20.2 Å². The largest absolute Gasteiger partial charge is 0.384 e. The van der Waals surface area contributed by atoms with E-state index in [1.807, 2.05) is 17.9 Å². The van der Waals surface area contributed by atoms with Gasteiger partial charge in [-0.15, -0.1) is 0 Å². The molecule has 2 aromatic rings. The summed E-state index contributed by atoms with van der Waals surface area (Å²) in [6, 6.07) is 1.80. The third kappa shape index (κ3) is 2.91. The Balaban J connectivity index is 1.90. The van der Waals surface area contributed by atoms with Crippen LogP contribution in [-0.4, -0.2) is 38.1 Å². The van der Waals surface area contributed by atoms with Crippen LogP contribution in [0.2, 0.25) is 0 Å². The van der Waals surface area contributed by atoms with Crippen LogP contribution in [0.25, 0.3) is 0 Å². The number of aromatic nitrogens is 3. The Hall–Kier alpha value is -2.68. The summed E-state index contributed by atoms with van der Waals surface area (Å²) in [4.78, 5) is 38.9. The predicted octanol–water partition coefficient (Wildman–Crippen LogP) is -0.0176. The van der Waals surface area contributed by atoms with Gasteiger partial charge in [0.05, 0.1) is 18.3 Å². The number of Topliss-reactive ketones (excluding diaryl/α,β-unsaturated/α-hetero) is 1. The molecule has 0 saturated carbocycles. The van der Waals surface area contributed by atoms with Crippen LogP contribution in [0.5, 0.6) is 0 Å².